The number of nitrogens with one attached hydrogen (secondary N) is 2. The van der Waals surface area contributed by atoms with Gasteiger partial charge in [-0.25, -0.2) is 9.78 Å². The second-order valence-electron chi connectivity index (χ2n) is 5.15. The van der Waals surface area contributed by atoms with Crippen LogP contribution < -0.4 is 10.6 Å². The molecule has 0 aromatic carbocycles. The predicted molar refractivity (Wildman–Crippen MR) is 74.7 cm³/mol. The van der Waals surface area contributed by atoms with Gasteiger partial charge in [-0.3, -0.25) is 4.79 Å². The molecule has 1 aliphatic rings. The fourth-order valence-electron chi connectivity index (χ4n) is 2.60. The largest absolute Gasteiger partial charge is 0.477 e. The number of aromatic nitrogens is 1. The molecule has 0 bridgehead atoms. The Bertz CT molecular complexity index is 493. The zero-order chi connectivity index (χ0) is 14.6. The van der Waals surface area contributed by atoms with Crippen LogP contribution in [-0.4, -0.2) is 35.1 Å². The number of aromatic carboxylic acids is 1. The van der Waals surface area contributed by atoms with Crippen molar-refractivity contribution in [2.24, 2.45) is 5.41 Å². The highest BCUT2D eigenvalue weighted by molar-refractivity contribution is 5.96. The summed E-state index contributed by atoms with van der Waals surface area (Å²) in [4.78, 5) is 27.0. The summed E-state index contributed by atoms with van der Waals surface area (Å²) in [6.07, 6.45) is 3.99. The maximum Gasteiger partial charge on any atom is 0.354 e. The van der Waals surface area contributed by atoms with E-state index < -0.39 is 5.97 Å². The van der Waals surface area contributed by atoms with E-state index in [4.69, 9.17) is 5.11 Å². The van der Waals surface area contributed by atoms with Crippen LogP contribution in [-0.2, 0) is 4.79 Å². The topological polar surface area (TPSA) is 91.3 Å². The monoisotopic (exact) mass is 277 g/mol. The van der Waals surface area contributed by atoms with Gasteiger partial charge in [0.25, 0.3) is 0 Å². The van der Waals surface area contributed by atoms with Crippen LogP contribution in [0.5, 0.6) is 0 Å². The number of pyridine rings is 1. The molecule has 6 nitrogen and oxygen atoms in total. The number of carboxylic acids is 1. The van der Waals surface area contributed by atoms with Crippen LogP contribution >= 0.6 is 0 Å². The van der Waals surface area contributed by atoms with E-state index in [1.54, 1.807) is 6.07 Å². The Morgan fingerprint density at radius 3 is 2.80 bits per heavy atom. The zero-order valence-electron chi connectivity index (χ0n) is 11.5. The van der Waals surface area contributed by atoms with Crippen LogP contribution in [0.4, 0.5) is 5.69 Å². The van der Waals surface area contributed by atoms with Crippen molar-refractivity contribution in [2.75, 3.05) is 18.4 Å². The van der Waals surface area contributed by atoms with E-state index in [0.717, 1.165) is 25.8 Å². The first-order chi connectivity index (χ1) is 9.57. The molecule has 0 spiro atoms. The summed E-state index contributed by atoms with van der Waals surface area (Å²) >= 11 is 0. The minimum atomic E-state index is -1.08. The highest BCUT2D eigenvalue weighted by atomic mass is 16.4. The molecular formula is C14H19N3O3. The van der Waals surface area contributed by atoms with Gasteiger partial charge in [0.2, 0.25) is 5.91 Å². The Morgan fingerprint density at radius 2 is 2.30 bits per heavy atom. The standard InChI is InChI=1S/C14H19N3O3/c1-2-5-14(6-7-15-9-14)13(20)17-10-3-4-11(12(18)19)16-8-10/h3-4,8,15H,2,5-7,9H2,1H3,(H,17,20)(H,18,19). The van der Waals surface area contributed by atoms with E-state index in [1.165, 1.54) is 12.3 Å². The molecule has 108 valence electrons. The lowest BCUT2D eigenvalue weighted by molar-refractivity contribution is -0.125. The van der Waals surface area contributed by atoms with Gasteiger partial charge in [0.1, 0.15) is 5.69 Å². The summed E-state index contributed by atoms with van der Waals surface area (Å²) in [6.45, 7) is 3.60. The van der Waals surface area contributed by atoms with E-state index in [9.17, 15) is 9.59 Å². The fourth-order valence-corrected chi connectivity index (χ4v) is 2.60. The minimum Gasteiger partial charge on any atom is -0.477 e. The molecule has 2 heterocycles. The summed E-state index contributed by atoms with van der Waals surface area (Å²) < 4.78 is 0. The molecule has 1 amide bonds. The lowest BCUT2D eigenvalue weighted by Gasteiger charge is -2.26. The summed E-state index contributed by atoms with van der Waals surface area (Å²) in [7, 11) is 0. The Balaban J connectivity index is 2.08. The molecule has 1 aromatic rings. The molecule has 1 saturated heterocycles. The minimum absolute atomic E-state index is 0.0192. The zero-order valence-corrected chi connectivity index (χ0v) is 11.5. The van der Waals surface area contributed by atoms with E-state index >= 15 is 0 Å². The van der Waals surface area contributed by atoms with Crippen molar-refractivity contribution in [2.45, 2.75) is 26.2 Å². The fraction of sp³-hybridized carbons (Fsp3) is 0.500. The number of carbonyl (C=O) groups is 2. The number of nitrogens with zero attached hydrogens (tertiary/aromatic N) is 1. The quantitative estimate of drug-likeness (QED) is 0.758. The summed E-state index contributed by atoms with van der Waals surface area (Å²) in [6, 6.07) is 2.95. The van der Waals surface area contributed by atoms with Gasteiger partial charge < -0.3 is 15.7 Å². The average molecular weight is 277 g/mol. The average Bonchev–Trinajstić information content (AvgIpc) is 2.89. The van der Waals surface area contributed by atoms with Gasteiger partial charge in [0.05, 0.1) is 17.3 Å². The molecule has 0 radical (unpaired) electrons. The number of hydrogen-bond donors (Lipinski definition) is 3. The maximum absolute atomic E-state index is 12.5. The van der Waals surface area contributed by atoms with E-state index in [1.807, 2.05) is 0 Å². The molecule has 1 unspecified atom stereocenters. The SMILES string of the molecule is CCCC1(C(=O)Nc2ccc(C(=O)O)nc2)CCNC1. The van der Waals surface area contributed by atoms with Gasteiger partial charge >= 0.3 is 5.97 Å². The van der Waals surface area contributed by atoms with Crippen molar-refractivity contribution in [3.8, 4) is 0 Å². The van der Waals surface area contributed by atoms with Crippen LogP contribution in [0.1, 0.15) is 36.7 Å². The van der Waals surface area contributed by atoms with Gasteiger partial charge in [0, 0.05) is 6.54 Å². The molecular weight excluding hydrogens is 258 g/mol. The first kappa shape index (κ1) is 14.5. The summed E-state index contributed by atoms with van der Waals surface area (Å²) in [5.41, 5.74) is 0.136. The van der Waals surface area contributed by atoms with Gasteiger partial charge in [-0.2, -0.15) is 0 Å². The smallest absolute Gasteiger partial charge is 0.354 e. The molecule has 1 fully saturated rings. The number of anilines is 1. The Hall–Kier alpha value is -1.95. The number of rotatable bonds is 5. The molecule has 0 aliphatic carbocycles. The lowest BCUT2D eigenvalue weighted by atomic mass is 9.81. The molecule has 6 heteroatoms. The van der Waals surface area contributed by atoms with E-state index in [-0.39, 0.29) is 17.0 Å². The van der Waals surface area contributed by atoms with Crippen LogP contribution in [0.15, 0.2) is 18.3 Å². The lowest BCUT2D eigenvalue weighted by Crippen LogP contribution is -2.38. The summed E-state index contributed by atoms with van der Waals surface area (Å²) in [5, 5.41) is 14.9. The molecule has 2 rings (SSSR count). The van der Waals surface area contributed by atoms with Crippen molar-refractivity contribution in [1.29, 1.82) is 0 Å². The van der Waals surface area contributed by atoms with Crippen molar-refractivity contribution in [1.82, 2.24) is 10.3 Å². The van der Waals surface area contributed by atoms with Crippen molar-refractivity contribution >= 4 is 17.6 Å². The third-order valence-electron chi connectivity index (χ3n) is 3.69. The second kappa shape index (κ2) is 6.00. The third-order valence-corrected chi connectivity index (χ3v) is 3.69. The summed E-state index contributed by atoms with van der Waals surface area (Å²) in [5.74, 6) is -1.10. The molecule has 0 saturated carbocycles. The van der Waals surface area contributed by atoms with Crippen LogP contribution in [0.2, 0.25) is 0 Å². The highest BCUT2D eigenvalue weighted by Crippen LogP contribution is 2.32. The van der Waals surface area contributed by atoms with Crippen molar-refractivity contribution in [3.05, 3.63) is 24.0 Å². The van der Waals surface area contributed by atoms with E-state index in [0.29, 0.717) is 12.2 Å². The molecule has 3 N–H and O–H groups in total. The highest BCUT2D eigenvalue weighted by Gasteiger charge is 2.40. The predicted octanol–water partition coefficient (Wildman–Crippen LogP) is 1.50. The van der Waals surface area contributed by atoms with Gasteiger partial charge in [-0.05, 0) is 31.5 Å². The first-order valence-electron chi connectivity index (χ1n) is 6.79. The van der Waals surface area contributed by atoms with Crippen molar-refractivity contribution in [3.63, 3.8) is 0 Å². The second-order valence-corrected chi connectivity index (χ2v) is 5.15. The molecule has 1 atom stereocenters. The number of amides is 1. The molecule has 20 heavy (non-hydrogen) atoms. The maximum atomic E-state index is 12.5. The van der Waals surface area contributed by atoms with Gasteiger partial charge in [0.15, 0.2) is 0 Å². The normalized spacial score (nSPS) is 21.6. The Labute approximate surface area is 117 Å². The van der Waals surface area contributed by atoms with Gasteiger partial charge in [-0.15, -0.1) is 0 Å². The van der Waals surface area contributed by atoms with Crippen LogP contribution in [0, 0.1) is 5.41 Å². The van der Waals surface area contributed by atoms with Crippen LogP contribution in [0.25, 0.3) is 0 Å². The molecule has 1 aromatic heterocycles. The Morgan fingerprint density at radius 1 is 1.50 bits per heavy atom. The first-order valence-corrected chi connectivity index (χ1v) is 6.79. The van der Waals surface area contributed by atoms with Crippen LogP contribution in [0.3, 0.4) is 0 Å². The number of hydrogen-bond acceptors (Lipinski definition) is 4. The number of carbonyl (C=O) groups excluding carboxylic acids is 1. The van der Waals surface area contributed by atoms with Gasteiger partial charge in [-0.1, -0.05) is 13.3 Å². The van der Waals surface area contributed by atoms with E-state index in [2.05, 4.69) is 22.5 Å². The third kappa shape index (κ3) is 2.96. The number of carboxylic acid groups (broad SMARTS) is 1. The Kier molecular flexibility index (Phi) is 4.34. The van der Waals surface area contributed by atoms with Crippen molar-refractivity contribution < 1.29 is 14.7 Å². The molecule has 1 aliphatic heterocycles.